The molecule has 0 unspecified atom stereocenters. The van der Waals surface area contributed by atoms with Gasteiger partial charge in [0.05, 0.1) is 11.8 Å². The van der Waals surface area contributed by atoms with Gasteiger partial charge in [0.15, 0.2) is 5.65 Å². The Morgan fingerprint density at radius 3 is 2.89 bits per heavy atom. The topological polar surface area (TPSA) is 59.8 Å². The number of aromatic nitrogens is 3. The minimum absolute atomic E-state index is 0.0378. The third-order valence-corrected chi connectivity index (χ3v) is 3.10. The van der Waals surface area contributed by atoms with E-state index in [4.69, 9.17) is 0 Å². The van der Waals surface area contributed by atoms with Crippen LogP contribution >= 0.6 is 0 Å². The van der Waals surface area contributed by atoms with Crippen molar-refractivity contribution in [2.45, 2.75) is 38.8 Å². The van der Waals surface area contributed by atoms with Crippen LogP contribution in [0.5, 0.6) is 0 Å². The molecule has 2 aromatic rings. The number of pyridine rings is 1. The number of hydrogen-bond acceptors (Lipinski definition) is 3. The molecule has 2 aromatic heterocycles. The van der Waals surface area contributed by atoms with E-state index >= 15 is 0 Å². The average Bonchev–Trinajstić information content (AvgIpc) is 3.05. The van der Waals surface area contributed by atoms with E-state index in [0.717, 1.165) is 23.9 Å². The lowest BCUT2D eigenvalue weighted by atomic mass is 10.2. The molecule has 0 saturated heterocycles. The molecule has 0 spiro atoms. The molecule has 1 saturated carbocycles. The molecular formula is C13H16N4O. The van der Waals surface area contributed by atoms with Crippen LogP contribution in [0.1, 0.15) is 43.1 Å². The molecule has 1 fully saturated rings. The Kier molecular flexibility index (Phi) is 2.54. The first kappa shape index (κ1) is 11.2. The SMILES string of the molecule is CC(C)n1ncc2cc(C(=O)NC3CC3)cnc21. The zero-order valence-corrected chi connectivity index (χ0v) is 10.6. The third-order valence-electron chi connectivity index (χ3n) is 3.10. The van der Waals surface area contributed by atoms with Crippen molar-refractivity contribution < 1.29 is 4.79 Å². The van der Waals surface area contributed by atoms with Crippen LogP contribution in [0.4, 0.5) is 0 Å². The molecule has 2 heterocycles. The molecule has 1 amide bonds. The highest BCUT2D eigenvalue weighted by atomic mass is 16.1. The number of carbonyl (C=O) groups excluding carboxylic acids is 1. The average molecular weight is 244 g/mol. The van der Waals surface area contributed by atoms with E-state index in [0.29, 0.717) is 11.6 Å². The number of carbonyl (C=O) groups is 1. The lowest BCUT2D eigenvalue weighted by Gasteiger charge is -2.06. The number of nitrogens with one attached hydrogen (secondary N) is 1. The van der Waals surface area contributed by atoms with Crippen molar-refractivity contribution in [3.63, 3.8) is 0 Å². The van der Waals surface area contributed by atoms with Crippen molar-refractivity contribution >= 4 is 16.9 Å². The highest BCUT2D eigenvalue weighted by Crippen LogP contribution is 2.20. The maximum Gasteiger partial charge on any atom is 0.253 e. The molecule has 18 heavy (non-hydrogen) atoms. The standard InChI is InChI=1S/C13H16N4O/c1-8(2)17-12-9(7-15-17)5-10(6-14-12)13(18)16-11-3-4-11/h5-8,11H,3-4H2,1-2H3,(H,16,18). The van der Waals surface area contributed by atoms with Crippen LogP contribution in [-0.2, 0) is 0 Å². The summed E-state index contributed by atoms with van der Waals surface area (Å²) in [5.74, 6) is -0.0378. The van der Waals surface area contributed by atoms with Crippen molar-refractivity contribution in [3.05, 3.63) is 24.0 Å². The minimum Gasteiger partial charge on any atom is -0.349 e. The highest BCUT2D eigenvalue weighted by Gasteiger charge is 2.24. The van der Waals surface area contributed by atoms with Crippen LogP contribution in [0.15, 0.2) is 18.5 Å². The summed E-state index contributed by atoms with van der Waals surface area (Å²) in [5.41, 5.74) is 1.44. The van der Waals surface area contributed by atoms with Gasteiger partial charge in [-0.2, -0.15) is 5.10 Å². The molecule has 0 radical (unpaired) electrons. The van der Waals surface area contributed by atoms with Gasteiger partial charge in [0.2, 0.25) is 0 Å². The molecule has 1 N–H and O–H groups in total. The van der Waals surface area contributed by atoms with Crippen LogP contribution in [0.25, 0.3) is 11.0 Å². The van der Waals surface area contributed by atoms with Crippen LogP contribution in [-0.4, -0.2) is 26.7 Å². The molecule has 0 atom stereocenters. The Morgan fingerprint density at radius 2 is 2.22 bits per heavy atom. The quantitative estimate of drug-likeness (QED) is 0.897. The second kappa shape index (κ2) is 4.08. The predicted octanol–water partition coefficient (Wildman–Crippen LogP) is 1.90. The van der Waals surface area contributed by atoms with Crippen molar-refractivity contribution in [1.82, 2.24) is 20.1 Å². The smallest absolute Gasteiger partial charge is 0.253 e. The van der Waals surface area contributed by atoms with E-state index in [1.807, 2.05) is 10.7 Å². The Bertz CT molecular complexity index is 598. The third kappa shape index (κ3) is 1.96. The molecule has 3 rings (SSSR count). The zero-order valence-electron chi connectivity index (χ0n) is 10.6. The van der Waals surface area contributed by atoms with E-state index in [1.165, 1.54) is 0 Å². The summed E-state index contributed by atoms with van der Waals surface area (Å²) in [4.78, 5) is 16.3. The molecule has 1 aliphatic carbocycles. The van der Waals surface area contributed by atoms with Gasteiger partial charge >= 0.3 is 0 Å². The Labute approximate surface area is 105 Å². The summed E-state index contributed by atoms with van der Waals surface area (Å²) >= 11 is 0. The zero-order chi connectivity index (χ0) is 12.7. The van der Waals surface area contributed by atoms with E-state index in [1.54, 1.807) is 12.4 Å². The second-order valence-corrected chi connectivity index (χ2v) is 5.07. The Morgan fingerprint density at radius 1 is 1.44 bits per heavy atom. The summed E-state index contributed by atoms with van der Waals surface area (Å²) in [7, 11) is 0. The van der Waals surface area contributed by atoms with Crippen molar-refractivity contribution in [2.24, 2.45) is 0 Å². The summed E-state index contributed by atoms with van der Waals surface area (Å²) in [6.45, 7) is 4.11. The number of rotatable bonds is 3. The predicted molar refractivity (Wildman–Crippen MR) is 68.4 cm³/mol. The van der Waals surface area contributed by atoms with Gasteiger partial charge in [0.1, 0.15) is 0 Å². The summed E-state index contributed by atoms with van der Waals surface area (Å²) in [5, 5.41) is 8.16. The maximum atomic E-state index is 11.9. The van der Waals surface area contributed by atoms with Crippen molar-refractivity contribution in [3.8, 4) is 0 Å². The second-order valence-electron chi connectivity index (χ2n) is 5.07. The van der Waals surface area contributed by atoms with Gasteiger partial charge in [0.25, 0.3) is 5.91 Å². The highest BCUT2D eigenvalue weighted by molar-refractivity contribution is 5.97. The number of fused-ring (bicyclic) bond motifs is 1. The molecule has 0 bridgehead atoms. The molecule has 0 aliphatic heterocycles. The summed E-state index contributed by atoms with van der Waals surface area (Å²) in [6.07, 6.45) is 5.57. The van der Waals surface area contributed by atoms with Gasteiger partial charge in [-0.3, -0.25) is 4.79 Å². The van der Waals surface area contributed by atoms with Gasteiger partial charge in [-0.1, -0.05) is 0 Å². The number of hydrogen-bond donors (Lipinski definition) is 1. The molecule has 1 aliphatic rings. The fourth-order valence-corrected chi connectivity index (χ4v) is 1.94. The van der Waals surface area contributed by atoms with Crippen LogP contribution in [0, 0.1) is 0 Å². The fourth-order valence-electron chi connectivity index (χ4n) is 1.94. The normalized spacial score (nSPS) is 15.3. The molecule has 0 aromatic carbocycles. The molecule has 5 heteroatoms. The lowest BCUT2D eigenvalue weighted by molar-refractivity contribution is 0.0951. The first-order chi connectivity index (χ1) is 8.65. The first-order valence-corrected chi connectivity index (χ1v) is 6.29. The van der Waals surface area contributed by atoms with E-state index in [2.05, 4.69) is 29.2 Å². The lowest BCUT2D eigenvalue weighted by Crippen LogP contribution is -2.25. The van der Waals surface area contributed by atoms with Gasteiger partial charge < -0.3 is 5.32 Å². The first-order valence-electron chi connectivity index (χ1n) is 6.29. The molecular weight excluding hydrogens is 228 g/mol. The van der Waals surface area contributed by atoms with Crippen molar-refractivity contribution in [2.75, 3.05) is 0 Å². The van der Waals surface area contributed by atoms with E-state index in [9.17, 15) is 4.79 Å². The van der Waals surface area contributed by atoms with Gasteiger partial charge in [-0.15, -0.1) is 0 Å². The largest absolute Gasteiger partial charge is 0.349 e. The van der Waals surface area contributed by atoms with Crippen molar-refractivity contribution in [1.29, 1.82) is 0 Å². The van der Waals surface area contributed by atoms with E-state index in [-0.39, 0.29) is 11.9 Å². The monoisotopic (exact) mass is 244 g/mol. The number of amides is 1. The maximum absolute atomic E-state index is 11.9. The van der Waals surface area contributed by atoms with Crippen LogP contribution < -0.4 is 5.32 Å². The van der Waals surface area contributed by atoms with Crippen LogP contribution in [0.3, 0.4) is 0 Å². The molecule has 5 nitrogen and oxygen atoms in total. The van der Waals surface area contributed by atoms with E-state index < -0.39 is 0 Å². The fraction of sp³-hybridized carbons (Fsp3) is 0.462. The summed E-state index contributed by atoms with van der Waals surface area (Å²) < 4.78 is 1.86. The number of nitrogens with zero attached hydrogens (tertiary/aromatic N) is 3. The summed E-state index contributed by atoms with van der Waals surface area (Å²) in [6, 6.07) is 2.49. The Hall–Kier alpha value is -1.91. The van der Waals surface area contributed by atoms with Gasteiger partial charge in [-0.05, 0) is 32.8 Å². The van der Waals surface area contributed by atoms with Gasteiger partial charge in [-0.25, -0.2) is 9.67 Å². The van der Waals surface area contributed by atoms with Gasteiger partial charge in [0, 0.05) is 23.7 Å². The minimum atomic E-state index is -0.0378. The van der Waals surface area contributed by atoms with Crippen LogP contribution in [0.2, 0.25) is 0 Å². The Balaban J connectivity index is 1.93. The molecule has 94 valence electrons.